The van der Waals surface area contributed by atoms with Crippen LogP contribution >= 0.6 is 11.8 Å². The first-order chi connectivity index (χ1) is 7.11. The Morgan fingerprint density at radius 1 is 1.60 bits per heavy atom. The van der Waals surface area contributed by atoms with E-state index in [4.69, 9.17) is 5.11 Å². The summed E-state index contributed by atoms with van der Waals surface area (Å²) in [6, 6.07) is -0.794. The molecule has 2 N–H and O–H groups in total. The average Bonchev–Trinajstić information content (AvgIpc) is 2.20. The SMILES string of the molecule is C=CCCC(NC(=O)CCSC)C(=O)O. The lowest BCUT2D eigenvalue weighted by molar-refractivity contribution is -0.141. The van der Waals surface area contributed by atoms with E-state index in [1.54, 1.807) is 17.8 Å². The van der Waals surface area contributed by atoms with Gasteiger partial charge in [-0.25, -0.2) is 4.79 Å². The van der Waals surface area contributed by atoms with Crippen molar-refractivity contribution in [3.05, 3.63) is 12.7 Å². The first kappa shape index (κ1) is 14.0. The van der Waals surface area contributed by atoms with Gasteiger partial charge in [0.05, 0.1) is 0 Å². The van der Waals surface area contributed by atoms with E-state index in [-0.39, 0.29) is 5.91 Å². The first-order valence-corrected chi connectivity index (χ1v) is 6.13. The molecule has 86 valence electrons. The fourth-order valence-corrected chi connectivity index (χ4v) is 1.39. The van der Waals surface area contributed by atoms with Gasteiger partial charge in [0.25, 0.3) is 0 Å². The normalized spacial score (nSPS) is 11.8. The quantitative estimate of drug-likeness (QED) is 0.617. The van der Waals surface area contributed by atoms with Crippen LogP contribution in [0.25, 0.3) is 0 Å². The molecule has 1 unspecified atom stereocenters. The van der Waals surface area contributed by atoms with Crippen molar-refractivity contribution >= 4 is 23.6 Å². The summed E-state index contributed by atoms with van der Waals surface area (Å²) in [4.78, 5) is 22.0. The van der Waals surface area contributed by atoms with Crippen LogP contribution in [0.5, 0.6) is 0 Å². The van der Waals surface area contributed by atoms with Gasteiger partial charge in [0.1, 0.15) is 6.04 Å². The number of nitrogens with one attached hydrogen (secondary N) is 1. The summed E-state index contributed by atoms with van der Waals surface area (Å²) in [6.07, 6.45) is 4.88. The van der Waals surface area contributed by atoms with Crippen LogP contribution in [0, 0.1) is 0 Å². The van der Waals surface area contributed by atoms with Crippen LogP contribution < -0.4 is 5.32 Å². The number of allylic oxidation sites excluding steroid dienone is 1. The largest absolute Gasteiger partial charge is 0.480 e. The number of aliphatic carboxylic acids is 1. The Morgan fingerprint density at radius 2 is 2.27 bits per heavy atom. The monoisotopic (exact) mass is 231 g/mol. The Bertz CT molecular complexity index is 231. The smallest absolute Gasteiger partial charge is 0.326 e. The van der Waals surface area contributed by atoms with E-state index in [0.29, 0.717) is 25.0 Å². The Hall–Kier alpha value is -0.970. The fourth-order valence-electron chi connectivity index (χ4n) is 1.00. The minimum atomic E-state index is -0.991. The number of thioether (sulfide) groups is 1. The summed E-state index contributed by atoms with van der Waals surface area (Å²) in [5, 5.41) is 11.3. The van der Waals surface area contributed by atoms with Crippen molar-refractivity contribution in [3.8, 4) is 0 Å². The lowest BCUT2D eigenvalue weighted by Gasteiger charge is -2.13. The molecule has 0 aromatic rings. The summed E-state index contributed by atoms with van der Waals surface area (Å²) in [5.74, 6) is -0.491. The highest BCUT2D eigenvalue weighted by Gasteiger charge is 2.18. The molecule has 4 nitrogen and oxygen atoms in total. The van der Waals surface area contributed by atoms with Crippen LogP contribution in [-0.4, -0.2) is 35.0 Å². The minimum absolute atomic E-state index is 0.208. The molecular formula is C10H17NO3S. The molecule has 0 aromatic carbocycles. The van der Waals surface area contributed by atoms with Gasteiger partial charge in [-0.1, -0.05) is 6.08 Å². The predicted octanol–water partition coefficient (Wildman–Crippen LogP) is 1.28. The average molecular weight is 231 g/mol. The molecule has 0 rings (SSSR count). The van der Waals surface area contributed by atoms with E-state index in [1.165, 1.54) is 0 Å². The molecule has 0 saturated carbocycles. The molecule has 0 aliphatic rings. The van der Waals surface area contributed by atoms with Gasteiger partial charge in [-0.3, -0.25) is 4.79 Å². The zero-order valence-electron chi connectivity index (χ0n) is 8.86. The summed E-state index contributed by atoms with van der Waals surface area (Å²) in [5.41, 5.74) is 0. The number of carbonyl (C=O) groups excluding carboxylic acids is 1. The van der Waals surface area contributed by atoms with Gasteiger partial charge in [-0.2, -0.15) is 11.8 Å². The number of amides is 1. The first-order valence-electron chi connectivity index (χ1n) is 4.73. The molecule has 5 heteroatoms. The highest BCUT2D eigenvalue weighted by atomic mass is 32.2. The summed E-state index contributed by atoms with van der Waals surface area (Å²) < 4.78 is 0. The van der Waals surface area contributed by atoms with Crippen molar-refractivity contribution in [1.82, 2.24) is 5.32 Å². The van der Waals surface area contributed by atoms with Crippen molar-refractivity contribution in [1.29, 1.82) is 0 Å². The van der Waals surface area contributed by atoms with Gasteiger partial charge >= 0.3 is 5.97 Å². The van der Waals surface area contributed by atoms with E-state index in [0.717, 1.165) is 0 Å². The lowest BCUT2D eigenvalue weighted by Crippen LogP contribution is -2.40. The number of carboxylic acids is 1. The molecule has 0 bridgehead atoms. The number of carbonyl (C=O) groups is 2. The Kier molecular flexibility index (Phi) is 7.81. The van der Waals surface area contributed by atoms with Gasteiger partial charge < -0.3 is 10.4 Å². The lowest BCUT2D eigenvalue weighted by atomic mass is 10.1. The molecule has 0 heterocycles. The second kappa shape index (κ2) is 8.35. The molecule has 0 saturated heterocycles. The van der Waals surface area contributed by atoms with Crippen molar-refractivity contribution in [3.63, 3.8) is 0 Å². The van der Waals surface area contributed by atoms with Crippen LogP contribution in [0.3, 0.4) is 0 Å². The number of hydrogen-bond donors (Lipinski definition) is 2. The van der Waals surface area contributed by atoms with Crippen molar-refractivity contribution < 1.29 is 14.7 Å². The number of carboxylic acid groups (broad SMARTS) is 1. The van der Waals surface area contributed by atoms with E-state index in [1.807, 2.05) is 6.26 Å². The maximum absolute atomic E-state index is 11.3. The van der Waals surface area contributed by atoms with Crippen molar-refractivity contribution in [2.24, 2.45) is 0 Å². The van der Waals surface area contributed by atoms with Gasteiger partial charge in [0, 0.05) is 12.2 Å². The van der Waals surface area contributed by atoms with E-state index in [2.05, 4.69) is 11.9 Å². The molecule has 1 atom stereocenters. The molecule has 1 amide bonds. The summed E-state index contributed by atoms with van der Waals surface area (Å²) in [7, 11) is 0. The Labute approximate surface area is 94.1 Å². The highest BCUT2D eigenvalue weighted by Crippen LogP contribution is 2.00. The topological polar surface area (TPSA) is 66.4 Å². The standard InChI is InChI=1S/C10H17NO3S/c1-3-4-5-8(10(13)14)11-9(12)6-7-15-2/h3,8H,1,4-7H2,2H3,(H,11,12)(H,13,14). The summed E-state index contributed by atoms with van der Waals surface area (Å²) in [6.45, 7) is 3.51. The zero-order chi connectivity index (χ0) is 11.7. The van der Waals surface area contributed by atoms with E-state index < -0.39 is 12.0 Å². The second-order valence-electron chi connectivity index (χ2n) is 3.07. The Morgan fingerprint density at radius 3 is 2.73 bits per heavy atom. The van der Waals surface area contributed by atoms with Gasteiger partial charge in [-0.15, -0.1) is 6.58 Å². The molecular weight excluding hydrogens is 214 g/mol. The molecule has 0 spiro atoms. The van der Waals surface area contributed by atoms with Crippen LogP contribution in [0.15, 0.2) is 12.7 Å². The molecule has 0 aliphatic heterocycles. The zero-order valence-corrected chi connectivity index (χ0v) is 9.68. The van der Waals surface area contributed by atoms with Crippen LogP contribution in [0.2, 0.25) is 0 Å². The fraction of sp³-hybridized carbons (Fsp3) is 0.600. The number of hydrogen-bond acceptors (Lipinski definition) is 3. The predicted molar refractivity (Wildman–Crippen MR) is 62.0 cm³/mol. The van der Waals surface area contributed by atoms with Gasteiger partial charge in [-0.05, 0) is 19.1 Å². The van der Waals surface area contributed by atoms with E-state index in [9.17, 15) is 9.59 Å². The Balaban J connectivity index is 3.98. The molecule has 15 heavy (non-hydrogen) atoms. The minimum Gasteiger partial charge on any atom is -0.480 e. The molecule has 0 fully saturated rings. The summed E-state index contributed by atoms with van der Waals surface area (Å²) >= 11 is 1.56. The highest BCUT2D eigenvalue weighted by molar-refractivity contribution is 7.98. The van der Waals surface area contributed by atoms with E-state index >= 15 is 0 Å². The van der Waals surface area contributed by atoms with Crippen LogP contribution in [0.4, 0.5) is 0 Å². The third-order valence-corrected chi connectivity index (χ3v) is 2.44. The van der Waals surface area contributed by atoms with Crippen molar-refractivity contribution in [2.75, 3.05) is 12.0 Å². The third-order valence-electron chi connectivity index (χ3n) is 1.83. The van der Waals surface area contributed by atoms with Crippen molar-refractivity contribution in [2.45, 2.75) is 25.3 Å². The van der Waals surface area contributed by atoms with Crippen LogP contribution in [0.1, 0.15) is 19.3 Å². The molecule has 0 aliphatic carbocycles. The maximum Gasteiger partial charge on any atom is 0.326 e. The maximum atomic E-state index is 11.3. The third kappa shape index (κ3) is 7.02. The second-order valence-corrected chi connectivity index (χ2v) is 4.05. The van der Waals surface area contributed by atoms with Gasteiger partial charge in [0.2, 0.25) is 5.91 Å². The number of rotatable bonds is 8. The molecule has 0 aromatic heterocycles. The van der Waals surface area contributed by atoms with Crippen LogP contribution in [-0.2, 0) is 9.59 Å². The van der Waals surface area contributed by atoms with Gasteiger partial charge in [0.15, 0.2) is 0 Å². The molecule has 0 radical (unpaired) electrons.